The summed E-state index contributed by atoms with van der Waals surface area (Å²) in [4.78, 5) is 40.6. The number of nitro benzene ring substituents is 1. The van der Waals surface area contributed by atoms with E-state index in [1.165, 1.54) is 34.8 Å². The van der Waals surface area contributed by atoms with E-state index < -0.39 is 16.8 Å². The molecule has 0 fully saturated rings. The molecule has 0 aliphatic heterocycles. The third-order valence-corrected chi connectivity index (χ3v) is 6.69. The molecule has 2 heterocycles. The molecule has 4 rings (SSSR count). The van der Waals surface area contributed by atoms with Gasteiger partial charge in [0.15, 0.2) is 4.80 Å². The molecule has 4 aromatic rings. The highest BCUT2D eigenvalue weighted by molar-refractivity contribution is 7.21. The molecule has 1 amide bonds. The molecule has 2 aromatic heterocycles. The fourth-order valence-corrected chi connectivity index (χ4v) is 5.20. The van der Waals surface area contributed by atoms with Crippen LogP contribution in [0.3, 0.4) is 0 Å². The number of carbonyl (C=O) groups excluding carboxylic acids is 2. The number of aryl methyl sites for hydroxylation is 1. The topological polar surface area (TPSA) is 104 Å². The van der Waals surface area contributed by atoms with Crippen LogP contribution in [0.15, 0.2) is 47.5 Å². The van der Waals surface area contributed by atoms with E-state index in [1.54, 1.807) is 23.6 Å². The van der Waals surface area contributed by atoms with Crippen molar-refractivity contribution < 1.29 is 19.2 Å². The van der Waals surface area contributed by atoms with E-state index in [9.17, 15) is 19.7 Å². The fraction of sp³-hybridized carbons (Fsp3) is 0.190. The molecule has 0 aliphatic rings. The van der Waals surface area contributed by atoms with Crippen LogP contribution in [0.25, 0.3) is 20.3 Å². The van der Waals surface area contributed by atoms with Gasteiger partial charge in [0.2, 0.25) is 0 Å². The van der Waals surface area contributed by atoms with Gasteiger partial charge in [0.1, 0.15) is 6.54 Å². The lowest BCUT2D eigenvalue weighted by Crippen LogP contribution is -2.23. The number of nitro groups is 1. The first-order valence-electron chi connectivity index (χ1n) is 9.38. The molecule has 8 nitrogen and oxygen atoms in total. The van der Waals surface area contributed by atoms with E-state index in [0.717, 1.165) is 20.5 Å². The zero-order chi connectivity index (χ0) is 22.1. The first-order chi connectivity index (χ1) is 14.9. The maximum Gasteiger partial charge on any atom is 0.326 e. The summed E-state index contributed by atoms with van der Waals surface area (Å²) in [6.07, 6.45) is 0. The summed E-state index contributed by atoms with van der Waals surface area (Å²) in [5, 5.41) is 11.6. The molecule has 0 bridgehead atoms. The van der Waals surface area contributed by atoms with E-state index in [1.807, 2.05) is 25.1 Å². The Morgan fingerprint density at radius 3 is 2.68 bits per heavy atom. The highest BCUT2D eigenvalue weighted by atomic mass is 32.1. The molecule has 10 heteroatoms. The van der Waals surface area contributed by atoms with Gasteiger partial charge in [-0.2, -0.15) is 4.99 Å². The Hall–Kier alpha value is -3.37. The van der Waals surface area contributed by atoms with Crippen molar-refractivity contribution in [3.8, 4) is 0 Å². The predicted octanol–water partition coefficient (Wildman–Crippen LogP) is 4.44. The molecule has 0 saturated carbocycles. The number of aromatic nitrogens is 1. The molecule has 31 heavy (non-hydrogen) atoms. The monoisotopic (exact) mass is 455 g/mol. The number of amides is 1. The van der Waals surface area contributed by atoms with Gasteiger partial charge in [-0.05, 0) is 43.7 Å². The minimum Gasteiger partial charge on any atom is -0.465 e. The predicted molar refractivity (Wildman–Crippen MR) is 120 cm³/mol. The second-order valence-electron chi connectivity index (χ2n) is 6.75. The standard InChI is InChI=1S/C21H17N3O5S2/c1-3-29-19(25)11-23-15-6-4-12(2)8-17(15)31-21(23)22-20(26)18-10-13-9-14(24(27)28)5-7-16(13)30-18/h4-10H,3,11H2,1-2H3. The molecule has 158 valence electrons. The summed E-state index contributed by atoms with van der Waals surface area (Å²) in [7, 11) is 0. The van der Waals surface area contributed by atoms with Crippen LogP contribution in [0, 0.1) is 17.0 Å². The van der Waals surface area contributed by atoms with Crippen LogP contribution < -0.4 is 4.80 Å². The van der Waals surface area contributed by atoms with Crippen molar-refractivity contribution >= 4 is 60.5 Å². The second kappa shape index (κ2) is 8.40. The van der Waals surface area contributed by atoms with Gasteiger partial charge in [-0.25, -0.2) is 0 Å². The summed E-state index contributed by atoms with van der Waals surface area (Å²) < 4.78 is 8.41. The molecule has 0 atom stereocenters. The highest BCUT2D eigenvalue weighted by Gasteiger charge is 2.16. The number of benzene rings is 2. The zero-order valence-electron chi connectivity index (χ0n) is 16.7. The molecule has 0 aliphatic carbocycles. The number of thiophene rings is 1. The van der Waals surface area contributed by atoms with Crippen LogP contribution in [0.2, 0.25) is 0 Å². The molecule has 0 N–H and O–H groups in total. The maximum absolute atomic E-state index is 12.9. The van der Waals surface area contributed by atoms with Crippen molar-refractivity contribution in [2.24, 2.45) is 4.99 Å². The number of ether oxygens (including phenoxy) is 1. The third kappa shape index (κ3) is 4.25. The minimum atomic E-state index is -0.472. The lowest BCUT2D eigenvalue weighted by Gasteiger charge is -2.05. The SMILES string of the molecule is CCOC(=O)Cn1c(=NC(=O)c2cc3cc([N+](=O)[O-])ccc3s2)sc2cc(C)ccc21. The maximum atomic E-state index is 12.9. The summed E-state index contributed by atoms with van der Waals surface area (Å²) in [6, 6.07) is 11.9. The molecule has 2 aromatic carbocycles. The Balaban J connectivity index is 1.79. The van der Waals surface area contributed by atoms with Crippen molar-refractivity contribution in [1.29, 1.82) is 0 Å². The Labute approximate surface area is 184 Å². The summed E-state index contributed by atoms with van der Waals surface area (Å²) in [6.45, 7) is 3.91. The molecule has 0 spiro atoms. The smallest absolute Gasteiger partial charge is 0.326 e. The summed E-state index contributed by atoms with van der Waals surface area (Å²) >= 11 is 2.54. The first kappa shape index (κ1) is 20.9. The van der Waals surface area contributed by atoms with Gasteiger partial charge >= 0.3 is 5.97 Å². The van der Waals surface area contributed by atoms with E-state index >= 15 is 0 Å². The van der Waals surface area contributed by atoms with Crippen molar-refractivity contribution in [1.82, 2.24) is 4.57 Å². The largest absolute Gasteiger partial charge is 0.465 e. The Kier molecular flexibility index (Phi) is 5.66. The Morgan fingerprint density at radius 1 is 1.13 bits per heavy atom. The Bertz CT molecular complexity index is 1410. The number of esters is 1. The molecular formula is C21H17N3O5S2. The van der Waals surface area contributed by atoms with Crippen molar-refractivity contribution in [3.63, 3.8) is 0 Å². The van der Waals surface area contributed by atoms with Crippen LogP contribution in [0.1, 0.15) is 22.2 Å². The number of carbonyl (C=O) groups is 2. The molecule has 0 radical (unpaired) electrons. The average Bonchev–Trinajstić information content (AvgIpc) is 3.29. The van der Waals surface area contributed by atoms with Gasteiger partial charge < -0.3 is 9.30 Å². The normalized spacial score (nSPS) is 11.9. The summed E-state index contributed by atoms with van der Waals surface area (Å²) in [5.74, 6) is -0.879. The van der Waals surface area contributed by atoms with Gasteiger partial charge in [-0.1, -0.05) is 17.4 Å². The van der Waals surface area contributed by atoms with Gasteiger partial charge in [0, 0.05) is 22.2 Å². The molecular weight excluding hydrogens is 438 g/mol. The van der Waals surface area contributed by atoms with Gasteiger partial charge in [-0.15, -0.1) is 11.3 Å². The number of non-ortho nitro benzene ring substituents is 1. The van der Waals surface area contributed by atoms with Crippen molar-refractivity contribution in [3.05, 3.63) is 67.8 Å². The number of hydrogen-bond acceptors (Lipinski definition) is 7. The van der Waals surface area contributed by atoms with Crippen LogP contribution in [0.5, 0.6) is 0 Å². The van der Waals surface area contributed by atoms with E-state index in [2.05, 4.69) is 4.99 Å². The molecule has 0 unspecified atom stereocenters. The van der Waals surface area contributed by atoms with E-state index in [-0.39, 0.29) is 18.8 Å². The quantitative estimate of drug-likeness (QED) is 0.251. The van der Waals surface area contributed by atoms with Crippen molar-refractivity contribution in [2.45, 2.75) is 20.4 Å². The van der Waals surface area contributed by atoms with Gasteiger partial charge in [0.25, 0.3) is 11.6 Å². The van der Waals surface area contributed by atoms with Gasteiger partial charge in [-0.3, -0.25) is 19.7 Å². The lowest BCUT2D eigenvalue weighted by atomic mass is 10.2. The lowest BCUT2D eigenvalue weighted by molar-refractivity contribution is -0.384. The molecule has 0 saturated heterocycles. The van der Waals surface area contributed by atoms with Crippen LogP contribution in [-0.2, 0) is 16.1 Å². The number of thiazole rings is 1. The van der Waals surface area contributed by atoms with E-state index in [0.29, 0.717) is 15.1 Å². The number of rotatable bonds is 5. The second-order valence-corrected chi connectivity index (χ2v) is 8.85. The number of fused-ring (bicyclic) bond motifs is 2. The third-order valence-electron chi connectivity index (χ3n) is 4.55. The van der Waals surface area contributed by atoms with Gasteiger partial charge in [0.05, 0.1) is 26.6 Å². The van der Waals surface area contributed by atoms with Crippen molar-refractivity contribution in [2.75, 3.05) is 6.61 Å². The first-order valence-corrected chi connectivity index (χ1v) is 11.0. The number of nitrogens with zero attached hydrogens (tertiary/aromatic N) is 3. The van der Waals surface area contributed by atoms with Crippen LogP contribution in [0.4, 0.5) is 5.69 Å². The minimum absolute atomic E-state index is 0.0339. The number of hydrogen-bond donors (Lipinski definition) is 0. The average molecular weight is 456 g/mol. The van der Waals surface area contributed by atoms with Crippen LogP contribution >= 0.6 is 22.7 Å². The zero-order valence-corrected chi connectivity index (χ0v) is 18.3. The van der Waals surface area contributed by atoms with Crippen LogP contribution in [-0.4, -0.2) is 28.0 Å². The van der Waals surface area contributed by atoms with E-state index in [4.69, 9.17) is 4.74 Å². The summed E-state index contributed by atoms with van der Waals surface area (Å²) in [5.41, 5.74) is 1.82. The Morgan fingerprint density at radius 2 is 1.94 bits per heavy atom. The highest BCUT2D eigenvalue weighted by Crippen LogP contribution is 2.29. The fourth-order valence-electron chi connectivity index (χ4n) is 3.15.